The molecule has 1 aliphatic heterocycles. The van der Waals surface area contributed by atoms with E-state index in [2.05, 4.69) is 36.7 Å². The van der Waals surface area contributed by atoms with E-state index in [0.29, 0.717) is 6.61 Å². The van der Waals surface area contributed by atoms with E-state index in [9.17, 15) is 0 Å². The highest BCUT2D eigenvalue weighted by molar-refractivity contribution is 5.26. The van der Waals surface area contributed by atoms with Gasteiger partial charge in [0.25, 0.3) is 0 Å². The summed E-state index contributed by atoms with van der Waals surface area (Å²) in [6, 6.07) is 2.27. The van der Waals surface area contributed by atoms with Crippen molar-refractivity contribution in [3.8, 4) is 0 Å². The maximum Gasteiger partial charge on any atom is 0.163 e. The lowest BCUT2D eigenvalue weighted by atomic mass is 10.2. The number of nitrogens with one attached hydrogen (secondary N) is 1. The minimum Gasteiger partial charge on any atom is -0.349 e. The standard InChI is InChI=1S/C15H26N2O2/c1-6-17-11(2)7-13(12(17)3)8-16-9-14-10-18-15(4,5)19-14/h7,14,16H,6,8-10H2,1-5H3. The third-order valence-electron chi connectivity index (χ3n) is 3.75. The molecule has 0 spiro atoms. The first-order valence-corrected chi connectivity index (χ1v) is 7.11. The predicted molar refractivity (Wildman–Crippen MR) is 76.2 cm³/mol. The third kappa shape index (κ3) is 3.38. The van der Waals surface area contributed by atoms with E-state index in [1.165, 1.54) is 17.0 Å². The number of rotatable bonds is 5. The Balaban J connectivity index is 1.83. The smallest absolute Gasteiger partial charge is 0.163 e. The van der Waals surface area contributed by atoms with Crippen molar-refractivity contribution in [2.24, 2.45) is 0 Å². The molecule has 0 radical (unpaired) electrons. The second-order valence-corrected chi connectivity index (χ2v) is 5.72. The largest absolute Gasteiger partial charge is 0.349 e. The Labute approximate surface area is 116 Å². The van der Waals surface area contributed by atoms with Gasteiger partial charge in [-0.2, -0.15) is 0 Å². The minimum absolute atomic E-state index is 0.157. The molecule has 2 heterocycles. The lowest BCUT2D eigenvalue weighted by Crippen LogP contribution is -2.30. The van der Waals surface area contributed by atoms with Crippen LogP contribution in [-0.2, 0) is 22.6 Å². The van der Waals surface area contributed by atoms with Gasteiger partial charge in [-0.1, -0.05) is 0 Å². The first-order chi connectivity index (χ1) is 8.93. The Morgan fingerprint density at radius 3 is 2.68 bits per heavy atom. The highest BCUT2D eigenvalue weighted by atomic mass is 16.7. The summed E-state index contributed by atoms with van der Waals surface area (Å²) in [6.45, 7) is 13.9. The Morgan fingerprint density at radius 1 is 1.42 bits per heavy atom. The van der Waals surface area contributed by atoms with Crippen LogP contribution in [0.2, 0.25) is 0 Å². The Morgan fingerprint density at radius 2 is 2.16 bits per heavy atom. The van der Waals surface area contributed by atoms with Gasteiger partial charge in [0, 0.05) is 31.0 Å². The van der Waals surface area contributed by atoms with Crippen LogP contribution in [0.5, 0.6) is 0 Å². The second-order valence-electron chi connectivity index (χ2n) is 5.72. The zero-order valence-corrected chi connectivity index (χ0v) is 12.7. The van der Waals surface area contributed by atoms with Crippen molar-refractivity contribution in [2.75, 3.05) is 13.2 Å². The average molecular weight is 266 g/mol. The van der Waals surface area contributed by atoms with E-state index in [1.807, 2.05) is 13.8 Å². The third-order valence-corrected chi connectivity index (χ3v) is 3.75. The number of hydrogen-bond acceptors (Lipinski definition) is 3. The molecule has 1 aromatic heterocycles. The molecule has 108 valence electrons. The molecule has 1 unspecified atom stereocenters. The van der Waals surface area contributed by atoms with Gasteiger partial charge in [-0.3, -0.25) is 0 Å². The molecule has 1 fully saturated rings. The Bertz CT molecular complexity index is 438. The van der Waals surface area contributed by atoms with Crippen molar-refractivity contribution < 1.29 is 9.47 Å². The van der Waals surface area contributed by atoms with Gasteiger partial charge in [0.2, 0.25) is 0 Å². The number of nitrogens with zero attached hydrogens (tertiary/aromatic N) is 1. The summed E-state index contributed by atoms with van der Waals surface area (Å²) in [6.07, 6.45) is 0.157. The van der Waals surface area contributed by atoms with Crippen LogP contribution in [0.3, 0.4) is 0 Å². The van der Waals surface area contributed by atoms with E-state index in [-0.39, 0.29) is 6.10 Å². The Hall–Kier alpha value is -0.840. The van der Waals surface area contributed by atoms with Crippen LogP contribution in [0, 0.1) is 13.8 Å². The van der Waals surface area contributed by atoms with Crippen LogP contribution >= 0.6 is 0 Å². The van der Waals surface area contributed by atoms with Crippen LogP contribution in [0.4, 0.5) is 0 Å². The highest BCUT2D eigenvalue weighted by Crippen LogP contribution is 2.22. The molecule has 19 heavy (non-hydrogen) atoms. The fraction of sp³-hybridized carbons (Fsp3) is 0.733. The summed E-state index contributed by atoms with van der Waals surface area (Å²) in [5.41, 5.74) is 4.06. The van der Waals surface area contributed by atoms with Crippen LogP contribution < -0.4 is 5.32 Å². The molecule has 1 saturated heterocycles. The molecule has 1 aliphatic rings. The molecule has 0 saturated carbocycles. The van der Waals surface area contributed by atoms with Gasteiger partial charge < -0.3 is 19.4 Å². The van der Waals surface area contributed by atoms with E-state index in [1.54, 1.807) is 0 Å². The molecule has 0 amide bonds. The summed E-state index contributed by atoms with van der Waals surface area (Å²) in [5, 5.41) is 3.47. The van der Waals surface area contributed by atoms with Crippen LogP contribution in [0.1, 0.15) is 37.7 Å². The minimum atomic E-state index is -0.426. The number of aromatic nitrogens is 1. The van der Waals surface area contributed by atoms with Crippen molar-refractivity contribution in [1.82, 2.24) is 9.88 Å². The first-order valence-electron chi connectivity index (χ1n) is 7.11. The zero-order valence-electron chi connectivity index (χ0n) is 12.7. The molecule has 1 N–H and O–H groups in total. The van der Waals surface area contributed by atoms with Gasteiger partial charge >= 0.3 is 0 Å². The second kappa shape index (κ2) is 5.65. The van der Waals surface area contributed by atoms with E-state index >= 15 is 0 Å². The molecule has 4 nitrogen and oxygen atoms in total. The maximum absolute atomic E-state index is 5.78. The van der Waals surface area contributed by atoms with Crippen LogP contribution in [0.15, 0.2) is 6.07 Å². The van der Waals surface area contributed by atoms with E-state index < -0.39 is 5.79 Å². The quantitative estimate of drug-likeness (QED) is 0.888. The topological polar surface area (TPSA) is 35.4 Å². The average Bonchev–Trinajstić information content (AvgIpc) is 2.80. The summed E-state index contributed by atoms with van der Waals surface area (Å²) >= 11 is 0. The van der Waals surface area contributed by atoms with Crippen molar-refractivity contribution in [3.63, 3.8) is 0 Å². The van der Waals surface area contributed by atoms with Crippen molar-refractivity contribution >= 4 is 0 Å². The normalized spacial score (nSPS) is 22.1. The van der Waals surface area contributed by atoms with Crippen molar-refractivity contribution in [3.05, 3.63) is 23.0 Å². The molecule has 2 rings (SSSR count). The maximum atomic E-state index is 5.78. The van der Waals surface area contributed by atoms with E-state index in [4.69, 9.17) is 9.47 Å². The summed E-state index contributed by atoms with van der Waals surface area (Å²) < 4.78 is 13.7. The lowest BCUT2D eigenvalue weighted by molar-refractivity contribution is -0.137. The molecule has 1 aromatic rings. The summed E-state index contributed by atoms with van der Waals surface area (Å²) in [7, 11) is 0. The van der Waals surface area contributed by atoms with Crippen molar-refractivity contribution in [1.29, 1.82) is 0 Å². The van der Waals surface area contributed by atoms with Gasteiger partial charge in [-0.05, 0) is 46.2 Å². The fourth-order valence-electron chi connectivity index (χ4n) is 2.77. The number of ether oxygens (including phenoxy) is 2. The highest BCUT2D eigenvalue weighted by Gasteiger charge is 2.32. The Kier molecular flexibility index (Phi) is 4.33. The fourth-order valence-corrected chi connectivity index (χ4v) is 2.77. The predicted octanol–water partition coefficient (Wildman–Crippen LogP) is 2.37. The van der Waals surface area contributed by atoms with Gasteiger partial charge in [-0.15, -0.1) is 0 Å². The molecule has 1 atom stereocenters. The number of aryl methyl sites for hydroxylation is 1. The molecule has 0 aromatic carbocycles. The summed E-state index contributed by atoms with van der Waals surface area (Å²) in [4.78, 5) is 0. The van der Waals surface area contributed by atoms with Crippen LogP contribution in [0.25, 0.3) is 0 Å². The zero-order chi connectivity index (χ0) is 14.0. The van der Waals surface area contributed by atoms with Gasteiger partial charge in [0.1, 0.15) is 0 Å². The van der Waals surface area contributed by atoms with Gasteiger partial charge in [0.05, 0.1) is 12.7 Å². The number of hydrogen-bond donors (Lipinski definition) is 1. The lowest BCUT2D eigenvalue weighted by Gasteiger charge is -2.17. The van der Waals surface area contributed by atoms with Crippen LogP contribution in [-0.4, -0.2) is 29.6 Å². The molecule has 0 aliphatic carbocycles. The molecular formula is C15H26N2O2. The molecule has 4 heteroatoms. The monoisotopic (exact) mass is 266 g/mol. The van der Waals surface area contributed by atoms with Gasteiger partial charge in [-0.25, -0.2) is 0 Å². The summed E-state index contributed by atoms with van der Waals surface area (Å²) in [5.74, 6) is -0.426. The molecular weight excluding hydrogens is 240 g/mol. The molecule has 0 bridgehead atoms. The van der Waals surface area contributed by atoms with E-state index in [0.717, 1.165) is 19.6 Å². The van der Waals surface area contributed by atoms with Gasteiger partial charge in [0.15, 0.2) is 5.79 Å². The van der Waals surface area contributed by atoms with Crippen molar-refractivity contribution in [2.45, 2.75) is 59.6 Å². The SMILES string of the molecule is CCn1c(C)cc(CNCC2COC(C)(C)O2)c1C. The first kappa shape index (κ1) is 14.6.